The highest BCUT2D eigenvalue weighted by molar-refractivity contribution is 5.95. The van der Waals surface area contributed by atoms with Gasteiger partial charge in [-0.1, -0.05) is 24.3 Å². The summed E-state index contributed by atoms with van der Waals surface area (Å²) in [5.74, 6) is -3.39. The summed E-state index contributed by atoms with van der Waals surface area (Å²) in [6.45, 7) is 0.420. The van der Waals surface area contributed by atoms with Gasteiger partial charge in [-0.3, -0.25) is 9.59 Å². The van der Waals surface area contributed by atoms with Gasteiger partial charge in [0.25, 0.3) is 11.5 Å². The summed E-state index contributed by atoms with van der Waals surface area (Å²) >= 11 is 0. The van der Waals surface area contributed by atoms with Crippen molar-refractivity contribution in [3.05, 3.63) is 92.9 Å². The summed E-state index contributed by atoms with van der Waals surface area (Å²) in [6.07, 6.45) is 2.24. The average molecular weight is 535 g/mol. The number of alkyl halides is 2. The molecule has 0 radical (unpaired) electrons. The van der Waals surface area contributed by atoms with E-state index < -0.39 is 17.6 Å². The van der Waals surface area contributed by atoms with E-state index in [-0.39, 0.29) is 43.1 Å². The van der Waals surface area contributed by atoms with Crippen LogP contribution >= 0.6 is 0 Å². The van der Waals surface area contributed by atoms with E-state index in [0.29, 0.717) is 52.9 Å². The van der Waals surface area contributed by atoms with E-state index in [1.54, 1.807) is 30.5 Å². The number of nitrogens with one attached hydrogen (secondary N) is 2. The molecule has 1 saturated carbocycles. The number of H-pyrrole nitrogens is 1. The van der Waals surface area contributed by atoms with Crippen molar-refractivity contribution in [3.8, 4) is 0 Å². The second-order valence-corrected chi connectivity index (χ2v) is 10.1. The van der Waals surface area contributed by atoms with E-state index in [0.717, 1.165) is 5.56 Å². The zero-order valence-electron chi connectivity index (χ0n) is 20.9. The molecule has 39 heavy (non-hydrogen) atoms. The number of amides is 1. The average Bonchev–Trinajstić information content (AvgIpc) is 3.36. The fourth-order valence-electron chi connectivity index (χ4n) is 5.25. The number of hydrogen-bond acceptors (Lipinski definition) is 6. The third-order valence-electron chi connectivity index (χ3n) is 7.40. The number of carbonyl (C=O) groups excluding carboxylic acids is 1. The molecule has 2 aromatic heterocycles. The molecule has 1 aliphatic carbocycles. The number of benzene rings is 2. The van der Waals surface area contributed by atoms with Crippen LogP contribution in [0.2, 0.25) is 0 Å². The van der Waals surface area contributed by atoms with Gasteiger partial charge < -0.3 is 10.2 Å². The highest BCUT2D eigenvalue weighted by atomic mass is 19.3. The lowest BCUT2D eigenvalue weighted by atomic mass is 9.92. The number of halogens is 3. The Labute approximate surface area is 221 Å². The molecule has 1 amide bonds. The molecule has 0 spiro atoms. The molecule has 0 bridgehead atoms. The maximum absolute atomic E-state index is 14.8. The predicted octanol–water partition coefficient (Wildman–Crippen LogP) is 4.59. The number of carbonyl (C=O) groups is 1. The molecule has 200 valence electrons. The SMILES string of the molecule is O=C(c1cc(Cc2n[nH]c(=O)c3ccccc23)ccc1F)N1Cc2cnc(NC3CCC(F)(F)CC3)nc2C1. The quantitative estimate of drug-likeness (QED) is 0.388. The van der Waals surface area contributed by atoms with E-state index >= 15 is 0 Å². The second kappa shape index (κ2) is 9.79. The molecule has 3 heterocycles. The van der Waals surface area contributed by atoms with Crippen LogP contribution in [0.5, 0.6) is 0 Å². The molecule has 4 aromatic rings. The Morgan fingerprint density at radius 1 is 1.10 bits per heavy atom. The van der Waals surface area contributed by atoms with Crippen LogP contribution in [0.15, 0.2) is 53.5 Å². The minimum atomic E-state index is -2.62. The van der Waals surface area contributed by atoms with Gasteiger partial charge >= 0.3 is 0 Å². The Bertz CT molecular complexity index is 1630. The van der Waals surface area contributed by atoms with Crippen LogP contribution < -0.4 is 10.9 Å². The molecule has 0 atom stereocenters. The van der Waals surface area contributed by atoms with Crippen molar-refractivity contribution < 1.29 is 18.0 Å². The van der Waals surface area contributed by atoms with E-state index in [9.17, 15) is 22.8 Å². The number of aromatic amines is 1. The van der Waals surface area contributed by atoms with Gasteiger partial charge in [-0.2, -0.15) is 5.10 Å². The van der Waals surface area contributed by atoms with Crippen molar-refractivity contribution in [1.29, 1.82) is 0 Å². The largest absolute Gasteiger partial charge is 0.351 e. The minimum absolute atomic E-state index is 0.0662. The Morgan fingerprint density at radius 3 is 2.67 bits per heavy atom. The predicted molar refractivity (Wildman–Crippen MR) is 138 cm³/mol. The molecule has 1 aliphatic heterocycles. The monoisotopic (exact) mass is 534 g/mol. The first-order valence-corrected chi connectivity index (χ1v) is 12.8. The van der Waals surface area contributed by atoms with Crippen LogP contribution in [0, 0.1) is 5.82 Å². The maximum atomic E-state index is 14.8. The van der Waals surface area contributed by atoms with Crippen LogP contribution in [0.3, 0.4) is 0 Å². The van der Waals surface area contributed by atoms with Gasteiger partial charge in [-0.05, 0) is 36.6 Å². The molecule has 11 heteroatoms. The second-order valence-electron chi connectivity index (χ2n) is 10.1. The van der Waals surface area contributed by atoms with E-state index in [1.165, 1.54) is 17.0 Å². The summed E-state index contributed by atoms with van der Waals surface area (Å²) < 4.78 is 41.7. The lowest BCUT2D eigenvalue weighted by molar-refractivity contribution is -0.0361. The first-order chi connectivity index (χ1) is 18.8. The van der Waals surface area contributed by atoms with Crippen LogP contribution in [-0.2, 0) is 19.5 Å². The van der Waals surface area contributed by atoms with Crippen LogP contribution in [0.25, 0.3) is 10.8 Å². The maximum Gasteiger partial charge on any atom is 0.272 e. The molecule has 2 aromatic carbocycles. The minimum Gasteiger partial charge on any atom is -0.351 e. The highest BCUT2D eigenvalue weighted by Gasteiger charge is 2.35. The summed E-state index contributed by atoms with van der Waals surface area (Å²) in [4.78, 5) is 35.8. The number of rotatable bonds is 5. The number of hydrogen-bond donors (Lipinski definition) is 2. The molecule has 0 saturated heterocycles. The van der Waals surface area contributed by atoms with Crippen molar-refractivity contribution in [2.24, 2.45) is 0 Å². The fraction of sp³-hybridized carbons (Fsp3) is 0.321. The van der Waals surface area contributed by atoms with Crippen molar-refractivity contribution in [1.82, 2.24) is 25.1 Å². The topological polar surface area (TPSA) is 104 Å². The molecule has 2 aliphatic rings. The Balaban J connectivity index is 1.17. The van der Waals surface area contributed by atoms with Gasteiger partial charge in [-0.15, -0.1) is 0 Å². The van der Waals surface area contributed by atoms with Crippen LogP contribution in [-0.4, -0.2) is 42.9 Å². The standard InChI is InChI=1S/C28H25F3N6O2/c29-22-6-5-16(12-23-19-3-1-2-4-20(19)25(38)36-35-23)11-21(22)26(39)37-14-17-13-32-27(34-24(17)15-37)33-18-7-9-28(30,31)10-8-18/h1-6,11,13,18H,7-10,12,14-15H2,(H,36,38)(H,32,33,34). The lowest BCUT2D eigenvalue weighted by Crippen LogP contribution is -2.32. The van der Waals surface area contributed by atoms with Crippen molar-refractivity contribution >= 4 is 22.6 Å². The first-order valence-electron chi connectivity index (χ1n) is 12.8. The van der Waals surface area contributed by atoms with Crippen molar-refractivity contribution in [2.45, 2.75) is 57.2 Å². The molecular formula is C28H25F3N6O2. The first kappa shape index (κ1) is 25.0. The summed E-state index contributed by atoms with van der Waals surface area (Å²) in [5, 5.41) is 11.0. The molecule has 8 nitrogen and oxygen atoms in total. The Hall–Kier alpha value is -4.28. The van der Waals surface area contributed by atoms with Gasteiger partial charge in [0.1, 0.15) is 5.82 Å². The van der Waals surface area contributed by atoms with Crippen LogP contribution in [0.1, 0.15) is 58.6 Å². The van der Waals surface area contributed by atoms with Crippen molar-refractivity contribution in [2.75, 3.05) is 5.32 Å². The number of fused-ring (bicyclic) bond motifs is 2. The molecule has 0 unspecified atom stereocenters. The lowest BCUT2D eigenvalue weighted by Gasteiger charge is -2.28. The third-order valence-corrected chi connectivity index (χ3v) is 7.40. The molecule has 6 rings (SSSR count). The molecule has 1 fully saturated rings. The van der Waals surface area contributed by atoms with E-state index in [1.807, 2.05) is 6.07 Å². The van der Waals surface area contributed by atoms with Gasteiger partial charge in [-0.25, -0.2) is 28.2 Å². The number of aromatic nitrogens is 4. The zero-order valence-corrected chi connectivity index (χ0v) is 20.9. The van der Waals surface area contributed by atoms with Gasteiger partial charge in [0.15, 0.2) is 0 Å². The molecule has 2 N–H and O–H groups in total. The number of nitrogens with zero attached hydrogens (tertiary/aromatic N) is 4. The third kappa shape index (κ3) is 5.08. The van der Waals surface area contributed by atoms with Gasteiger partial charge in [0, 0.05) is 49.0 Å². The van der Waals surface area contributed by atoms with E-state index in [4.69, 9.17) is 0 Å². The Morgan fingerprint density at radius 2 is 1.87 bits per heavy atom. The van der Waals surface area contributed by atoms with Gasteiger partial charge in [0.2, 0.25) is 11.9 Å². The normalized spacial score (nSPS) is 16.8. The van der Waals surface area contributed by atoms with Crippen LogP contribution in [0.4, 0.5) is 19.1 Å². The van der Waals surface area contributed by atoms with Crippen molar-refractivity contribution in [3.63, 3.8) is 0 Å². The Kier molecular flexibility index (Phi) is 6.28. The molecular weight excluding hydrogens is 509 g/mol. The van der Waals surface area contributed by atoms with E-state index in [2.05, 4.69) is 25.5 Å². The summed E-state index contributed by atoms with van der Waals surface area (Å²) in [7, 11) is 0. The smallest absolute Gasteiger partial charge is 0.272 e. The summed E-state index contributed by atoms with van der Waals surface area (Å²) in [6, 6.07) is 11.3. The zero-order chi connectivity index (χ0) is 27.1. The summed E-state index contributed by atoms with van der Waals surface area (Å²) in [5.41, 5.74) is 2.32. The highest BCUT2D eigenvalue weighted by Crippen LogP contribution is 2.34. The van der Waals surface area contributed by atoms with Gasteiger partial charge in [0.05, 0.1) is 28.9 Å². The fourth-order valence-corrected chi connectivity index (χ4v) is 5.25. The number of anilines is 1.